The Morgan fingerprint density at radius 2 is 1.44 bits per heavy atom. The van der Waals surface area contributed by atoms with E-state index in [0.717, 1.165) is 0 Å². The van der Waals surface area contributed by atoms with Crippen molar-refractivity contribution in [3.63, 3.8) is 0 Å². The number of fused-ring (bicyclic) bond motifs is 1. The van der Waals surface area contributed by atoms with Crippen LogP contribution in [0.25, 0.3) is 0 Å². The van der Waals surface area contributed by atoms with Crippen molar-refractivity contribution in [3.8, 4) is 0 Å². The van der Waals surface area contributed by atoms with Crippen molar-refractivity contribution in [1.82, 2.24) is 4.98 Å². The number of hydrogen-bond donors (Lipinski definition) is 0. The first-order valence-electron chi connectivity index (χ1n) is 5.72. The lowest BCUT2D eigenvalue weighted by Gasteiger charge is -2.58. The monoisotopic (exact) mass is 219 g/mol. The maximum absolute atomic E-state index is 4.23. The van der Waals surface area contributed by atoms with Gasteiger partial charge in [0.05, 0.1) is 28.6 Å². The molecule has 1 aliphatic rings. The lowest BCUT2D eigenvalue weighted by atomic mass is 9.77. The molecule has 3 nitrogen and oxygen atoms in total. The van der Waals surface area contributed by atoms with Crippen LogP contribution in [0.4, 0.5) is 11.4 Å². The number of pyridine rings is 1. The molecule has 0 amide bonds. The Labute approximate surface area is 98.1 Å². The second-order valence-corrected chi connectivity index (χ2v) is 5.60. The lowest BCUT2D eigenvalue weighted by Crippen LogP contribution is -2.67. The molecule has 3 heteroatoms. The second kappa shape index (κ2) is 3.12. The highest BCUT2D eigenvalue weighted by Crippen LogP contribution is 2.45. The van der Waals surface area contributed by atoms with E-state index in [-0.39, 0.29) is 11.1 Å². The Bertz CT molecular complexity index is 370. The summed E-state index contributed by atoms with van der Waals surface area (Å²) in [6.45, 7) is 9.12. The number of hydrogen-bond acceptors (Lipinski definition) is 3. The molecule has 0 saturated carbocycles. The van der Waals surface area contributed by atoms with E-state index >= 15 is 0 Å². The zero-order valence-electron chi connectivity index (χ0n) is 11.1. The molecule has 0 aliphatic carbocycles. The number of aromatic nitrogens is 1. The van der Waals surface area contributed by atoms with Gasteiger partial charge in [-0.2, -0.15) is 0 Å². The van der Waals surface area contributed by atoms with E-state index in [2.05, 4.69) is 62.6 Å². The van der Waals surface area contributed by atoms with Gasteiger partial charge in [-0.3, -0.25) is 4.98 Å². The summed E-state index contributed by atoms with van der Waals surface area (Å²) in [4.78, 5) is 8.91. The van der Waals surface area contributed by atoms with Crippen molar-refractivity contribution < 1.29 is 0 Å². The van der Waals surface area contributed by atoms with Crippen LogP contribution in [0.15, 0.2) is 18.5 Å². The van der Waals surface area contributed by atoms with Crippen LogP contribution < -0.4 is 9.80 Å². The third kappa shape index (κ3) is 1.17. The zero-order valence-corrected chi connectivity index (χ0v) is 11.1. The lowest BCUT2D eigenvalue weighted by molar-refractivity contribution is 0.273. The smallest absolute Gasteiger partial charge is 0.0793 e. The fourth-order valence-corrected chi connectivity index (χ4v) is 2.34. The summed E-state index contributed by atoms with van der Waals surface area (Å²) >= 11 is 0. The Kier molecular flexibility index (Phi) is 2.19. The fraction of sp³-hybridized carbons (Fsp3) is 0.615. The van der Waals surface area contributed by atoms with E-state index in [1.807, 2.05) is 12.4 Å². The van der Waals surface area contributed by atoms with E-state index in [1.165, 1.54) is 11.4 Å². The van der Waals surface area contributed by atoms with Crippen LogP contribution in [-0.4, -0.2) is 30.2 Å². The molecule has 1 aliphatic heterocycles. The number of nitrogens with zero attached hydrogens (tertiary/aromatic N) is 3. The van der Waals surface area contributed by atoms with Crippen LogP contribution >= 0.6 is 0 Å². The summed E-state index contributed by atoms with van der Waals surface area (Å²) < 4.78 is 0. The average molecular weight is 219 g/mol. The largest absolute Gasteiger partial charge is 0.365 e. The minimum atomic E-state index is 0.0672. The predicted molar refractivity (Wildman–Crippen MR) is 69.2 cm³/mol. The summed E-state index contributed by atoms with van der Waals surface area (Å²) in [5, 5.41) is 0. The average Bonchev–Trinajstić information content (AvgIpc) is 2.25. The molecule has 1 aromatic rings. The maximum Gasteiger partial charge on any atom is 0.0793 e. The molecule has 2 rings (SSSR count). The molecule has 0 radical (unpaired) electrons. The van der Waals surface area contributed by atoms with Gasteiger partial charge in [-0.25, -0.2) is 0 Å². The topological polar surface area (TPSA) is 19.4 Å². The van der Waals surface area contributed by atoms with Crippen molar-refractivity contribution in [2.24, 2.45) is 0 Å². The van der Waals surface area contributed by atoms with Gasteiger partial charge < -0.3 is 9.80 Å². The van der Waals surface area contributed by atoms with Gasteiger partial charge in [0, 0.05) is 20.3 Å². The summed E-state index contributed by atoms with van der Waals surface area (Å²) in [7, 11) is 4.31. The highest BCUT2D eigenvalue weighted by Gasteiger charge is 2.48. The number of likely N-dealkylation sites (N-methyl/N-ethyl adjacent to an activating group) is 2. The predicted octanol–water partition coefficient (Wildman–Crippen LogP) is 2.52. The van der Waals surface area contributed by atoms with Crippen LogP contribution in [0.1, 0.15) is 27.7 Å². The van der Waals surface area contributed by atoms with Gasteiger partial charge in [0.15, 0.2) is 0 Å². The van der Waals surface area contributed by atoms with Gasteiger partial charge >= 0.3 is 0 Å². The molecule has 0 bridgehead atoms. The molecule has 0 fully saturated rings. The van der Waals surface area contributed by atoms with Gasteiger partial charge in [-0.15, -0.1) is 0 Å². The van der Waals surface area contributed by atoms with E-state index in [4.69, 9.17) is 0 Å². The maximum atomic E-state index is 4.23. The number of rotatable bonds is 0. The Morgan fingerprint density at radius 1 is 0.938 bits per heavy atom. The van der Waals surface area contributed by atoms with Gasteiger partial charge in [0.2, 0.25) is 0 Å². The van der Waals surface area contributed by atoms with Gasteiger partial charge in [-0.1, -0.05) is 0 Å². The molecule has 0 spiro atoms. The van der Waals surface area contributed by atoms with Crippen LogP contribution in [0, 0.1) is 0 Å². The third-order valence-electron chi connectivity index (χ3n) is 4.67. The number of anilines is 2. The first-order chi connectivity index (χ1) is 7.30. The van der Waals surface area contributed by atoms with Crippen molar-refractivity contribution in [3.05, 3.63) is 18.5 Å². The molecule has 0 atom stereocenters. The van der Waals surface area contributed by atoms with Crippen molar-refractivity contribution in [2.75, 3.05) is 23.9 Å². The van der Waals surface area contributed by atoms with Crippen molar-refractivity contribution in [2.45, 2.75) is 38.8 Å². The van der Waals surface area contributed by atoms with E-state index < -0.39 is 0 Å². The van der Waals surface area contributed by atoms with Gasteiger partial charge in [0.25, 0.3) is 0 Å². The first-order valence-corrected chi connectivity index (χ1v) is 5.72. The normalized spacial score (nSPS) is 21.9. The quantitative estimate of drug-likeness (QED) is 0.668. The minimum absolute atomic E-state index is 0.0672. The summed E-state index contributed by atoms with van der Waals surface area (Å²) in [5.74, 6) is 0. The van der Waals surface area contributed by atoms with E-state index in [9.17, 15) is 0 Å². The van der Waals surface area contributed by atoms with E-state index in [0.29, 0.717) is 0 Å². The van der Waals surface area contributed by atoms with Gasteiger partial charge in [-0.05, 0) is 33.8 Å². The summed E-state index contributed by atoms with van der Waals surface area (Å²) in [5.41, 5.74) is 2.60. The van der Waals surface area contributed by atoms with Crippen molar-refractivity contribution in [1.29, 1.82) is 0 Å². The molecule has 88 valence electrons. The molecular formula is C13H21N3. The van der Waals surface area contributed by atoms with Crippen molar-refractivity contribution >= 4 is 11.4 Å². The highest BCUT2D eigenvalue weighted by molar-refractivity contribution is 5.75. The standard InChI is InChI=1S/C13H21N3/c1-12(2)13(3,4)16(6)11-9-14-8-7-10(11)15(12)5/h7-9H,1-6H3. The highest BCUT2D eigenvalue weighted by atomic mass is 15.3. The zero-order chi connectivity index (χ0) is 12.1. The van der Waals surface area contributed by atoms with Crippen LogP contribution in [-0.2, 0) is 0 Å². The molecule has 16 heavy (non-hydrogen) atoms. The first kappa shape index (κ1) is 11.2. The Hall–Kier alpha value is -1.25. The summed E-state index contributed by atoms with van der Waals surface area (Å²) in [6, 6.07) is 2.09. The van der Waals surface area contributed by atoms with Crippen LogP contribution in [0.2, 0.25) is 0 Å². The molecule has 0 unspecified atom stereocenters. The Balaban J connectivity index is 2.65. The summed E-state index contributed by atoms with van der Waals surface area (Å²) in [6.07, 6.45) is 3.81. The minimum Gasteiger partial charge on any atom is -0.365 e. The molecule has 0 saturated heterocycles. The second-order valence-electron chi connectivity index (χ2n) is 5.60. The third-order valence-corrected chi connectivity index (χ3v) is 4.67. The van der Waals surface area contributed by atoms with Gasteiger partial charge in [0.1, 0.15) is 0 Å². The van der Waals surface area contributed by atoms with Crippen LogP contribution in [0.3, 0.4) is 0 Å². The Morgan fingerprint density at radius 3 is 2.00 bits per heavy atom. The molecule has 0 N–H and O–H groups in total. The fourth-order valence-electron chi connectivity index (χ4n) is 2.34. The molecular weight excluding hydrogens is 198 g/mol. The van der Waals surface area contributed by atoms with E-state index in [1.54, 1.807) is 0 Å². The molecule has 2 heterocycles. The SMILES string of the molecule is CN1c2ccncc2N(C)C(C)(C)C1(C)C. The molecule has 1 aromatic heterocycles. The van der Waals surface area contributed by atoms with Crippen LogP contribution in [0.5, 0.6) is 0 Å². The molecule has 0 aromatic carbocycles.